The molecular formula is C16H17Cl2N5O2. The lowest BCUT2D eigenvalue weighted by molar-refractivity contribution is -0.119. The molecule has 1 saturated heterocycles. The highest BCUT2D eigenvalue weighted by Crippen LogP contribution is 2.31. The van der Waals surface area contributed by atoms with Crippen molar-refractivity contribution in [1.82, 2.24) is 25.6 Å². The summed E-state index contributed by atoms with van der Waals surface area (Å²) >= 11 is 12.1. The predicted octanol–water partition coefficient (Wildman–Crippen LogP) is 2.22. The van der Waals surface area contributed by atoms with Crippen LogP contribution in [0.5, 0.6) is 5.88 Å². The molecule has 0 aromatic carbocycles. The summed E-state index contributed by atoms with van der Waals surface area (Å²) in [6.45, 7) is 1.15. The summed E-state index contributed by atoms with van der Waals surface area (Å²) in [4.78, 5) is 24.0. The molecule has 0 spiro atoms. The molecule has 0 unspecified atom stereocenters. The number of carbonyl (C=O) groups excluding carboxylic acids is 1. The van der Waals surface area contributed by atoms with Crippen LogP contribution in [0.15, 0.2) is 18.5 Å². The van der Waals surface area contributed by atoms with E-state index in [1.165, 1.54) is 7.11 Å². The molecule has 1 aliphatic rings. The van der Waals surface area contributed by atoms with Gasteiger partial charge in [-0.1, -0.05) is 23.2 Å². The van der Waals surface area contributed by atoms with Crippen LogP contribution < -0.4 is 15.4 Å². The third kappa shape index (κ3) is 4.18. The molecular weight excluding hydrogens is 365 g/mol. The SMILES string of the molecule is COc1nc(-c2ccnc(Cl)c2Cl)cnc1CNC[C@@H]1CCC(=O)N1. The van der Waals surface area contributed by atoms with Crippen LogP contribution in [0.25, 0.3) is 11.3 Å². The molecule has 1 amide bonds. The summed E-state index contributed by atoms with van der Waals surface area (Å²) in [5.74, 6) is 0.505. The Bertz CT molecular complexity index is 787. The Labute approximate surface area is 155 Å². The first kappa shape index (κ1) is 17.8. The minimum absolute atomic E-state index is 0.0985. The largest absolute Gasteiger partial charge is 0.480 e. The number of nitrogens with one attached hydrogen (secondary N) is 2. The lowest BCUT2D eigenvalue weighted by Gasteiger charge is -2.13. The second-order valence-electron chi connectivity index (χ2n) is 5.61. The van der Waals surface area contributed by atoms with Gasteiger partial charge in [0.05, 0.1) is 24.0 Å². The van der Waals surface area contributed by atoms with Crippen molar-refractivity contribution in [3.8, 4) is 17.1 Å². The van der Waals surface area contributed by atoms with Crippen LogP contribution in [0.2, 0.25) is 10.2 Å². The van der Waals surface area contributed by atoms with Crippen LogP contribution in [-0.4, -0.2) is 40.6 Å². The number of carbonyl (C=O) groups is 1. The molecule has 2 N–H and O–H groups in total. The van der Waals surface area contributed by atoms with E-state index >= 15 is 0 Å². The van der Waals surface area contributed by atoms with Crippen molar-refractivity contribution in [2.24, 2.45) is 0 Å². The van der Waals surface area contributed by atoms with E-state index in [-0.39, 0.29) is 17.1 Å². The smallest absolute Gasteiger partial charge is 0.237 e. The molecule has 7 nitrogen and oxygen atoms in total. The molecule has 2 aromatic heterocycles. The standard InChI is InChI=1S/C16H17Cl2N5O2/c1-25-16-12(7-19-6-9-2-3-13(24)22-9)21-8-11(23-16)10-4-5-20-15(18)14(10)17/h4-5,8-9,19H,2-3,6-7H2,1H3,(H,22,24)/t9-/m0/s1. The molecule has 0 aliphatic carbocycles. The fourth-order valence-electron chi connectivity index (χ4n) is 2.62. The van der Waals surface area contributed by atoms with E-state index in [2.05, 4.69) is 25.6 Å². The van der Waals surface area contributed by atoms with Gasteiger partial charge in [-0.2, -0.15) is 0 Å². The summed E-state index contributed by atoms with van der Waals surface area (Å²) < 4.78 is 5.34. The van der Waals surface area contributed by atoms with Gasteiger partial charge in [0, 0.05) is 37.3 Å². The Balaban J connectivity index is 1.71. The first-order valence-corrected chi connectivity index (χ1v) is 8.54. The molecule has 132 valence electrons. The number of aromatic nitrogens is 3. The molecule has 2 aromatic rings. The zero-order valence-electron chi connectivity index (χ0n) is 13.6. The van der Waals surface area contributed by atoms with E-state index < -0.39 is 0 Å². The van der Waals surface area contributed by atoms with Gasteiger partial charge in [0.2, 0.25) is 11.8 Å². The fourth-order valence-corrected chi connectivity index (χ4v) is 2.99. The van der Waals surface area contributed by atoms with Gasteiger partial charge in [-0.05, 0) is 12.5 Å². The Morgan fingerprint density at radius 1 is 1.40 bits per heavy atom. The number of rotatable bonds is 6. The van der Waals surface area contributed by atoms with Crippen LogP contribution >= 0.6 is 23.2 Å². The van der Waals surface area contributed by atoms with Crippen LogP contribution in [0, 0.1) is 0 Å². The quantitative estimate of drug-likeness (QED) is 0.745. The number of nitrogens with zero attached hydrogens (tertiary/aromatic N) is 3. The summed E-state index contributed by atoms with van der Waals surface area (Å²) in [5.41, 5.74) is 1.87. The van der Waals surface area contributed by atoms with Crippen molar-refractivity contribution in [2.45, 2.75) is 25.4 Å². The van der Waals surface area contributed by atoms with Crippen LogP contribution in [-0.2, 0) is 11.3 Å². The molecule has 9 heteroatoms. The maximum atomic E-state index is 11.2. The van der Waals surface area contributed by atoms with Gasteiger partial charge in [0.15, 0.2) is 0 Å². The van der Waals surface area contributed by atoms with E-state index in [0.29, 0.717) is 47.4 Å². The number of amides is 1. The number of halogens is 2. The minimum atomic E-state index is 0.0985. The average Bonchev–Trinajstić information content (AvgIpc) is 3.03. The number of hydrogen-bond donors (Lipinski definition) is 2. The lowest BCUT2D eigenvalue weighted by Crippen LogP contribution is -2.35. The molecule has 3 rings (SSSR count). The molecule has 1 atom stereocenters. The maximum absolute atomic E-state index is 11.2. The topological polar surface area (TPSA) is 89.0 Å². The minimum Gasteiger partial charge on any atom is -0.480 e. The molecule has 0 saturated carbocycles. The Morgan fingerprint density at radius 2 is 2.24 bits per heavy atom. The summed E-state index contributed by atoms with van der Waals surface area (Å²) in [6.07, 6.45) is 4.60. The monoisotopic (exact) mass is 381 g/mol. The number of pyridine rings is 1. The van der Waals surface area contributed by atoms with Gasteiger partial charge in [-0.25, -0.2) is 9.97 Å². The van der Waals surface area contributed by atoms with Crippen molar-refractivity contribution in [2.75, 3.05) is 13.7 Å². The Hall–Kier alpha value is -1.96. The average molecular weight is 382 g/mol. The third-order valence-corrected chi connectivity index (χ3v) is 4.66. The molecule has 3 heterocycles. The zero-order valence-corrected chi connectivity index (χ0v) is 15.1. The molecule has 0 bridgehead atoms. The van der Waals surface area contributed by atoms with Gasteiger partial charge < -0.3 is 15.4 Å². The second-order valence-corrected chi connectivity index (χ2v) is 6.34. The molecule has 1 aliphatic heterocycles. The Kier molecular flexibility index (Phi) is 5.67. The van der Waals surface area contributed by atoms with Crippen molar-refractivity contribution >= 4 is 29.1 Å². The van der Waals surface area contributed by atoms with Gasteiger partial charge in [-0.3, -0.25) is 9.78 Å². The van der Waals surface area contributed by atoms with Gasteiger partial charge in [-0.15, -0.1) is 0 Å². The summed E-state index contributed by atoms with van der Waals surface area (Å²) in [5, 5.41) is 6.71. The lowest BCUT2D eigenvalue weighted by atomic mass is 10.2. The van der Waals surface area contributed by atoms with Crippen LogP contribution in [0.4, 0.5) is 0 Å². The van der Waals surface area contributed by atoms with Crippen molar-refractivity contribution in [3.05, 3.63) is 34.3 Å². The zero-order chi connectivity index (χ0) is 17.8. The van der Waals surface area contributed by atoms with Crippen LogP contribution in [0.1, 0.15) is 18.5 Å². The highest BCUT2D eigenvalue weighted by Gasteiger charge is 2.20. The predicted molar refractivity (Wildman–Crippen MR) is 94.7 cm³/mol. The van der Waals surface area contributed by atoms with E-state index in [9.17, 15) is 4.79 Å². The number of methoxy groups -OCH3 is 1. The highest BCUT2D eigenvalue weighted by molar-refractivity contribution is 6.42. The summed E-state index contributed by atoms with van der Waals surface area (Å²) in [7, 11) is 1.54. The molecule has 1 fully saturated rings. The van der Waals surface area contributed by atoms with Crippen molar-refractivity contribution in [3.63, 3.8) is 0 Å². The molecule has 25 heavy (non-hydrogen) atoms. The highest BCUT2D eigenvalue weighted by atomic mass is 35.5. The van der Waals surface area contributed by atoms with E-state index in [4.69, 9.17) is 27.9 Å². The fraction of sp³-hybridized carbons (Fsp3) is 0.375. The van der Waals surface area contributed by atoms with Crippen molar-refractivity contribution < 1.29 is 9.53 Å². The van der Waals surface area contributed by atoms with E-state index in [1.807, 2.05) is 0 Å². The van der Waals surface area contributed by atoms with Gasteiger partial charge in [0.1, 0.15) is 10.8 Å². The normalized spacial score (nSPS) is 16.8. The Morgan fingerprint density at radius 3 is 2.96 bits per heavy atom. The first-order valence-electron chi connectivity index (χ1n) is 7.79. The number of hydrogen-bond acceptors (Lipinski definition) is 6. The maximum Gasteiger partial charge on any atom is 0.237 e. The van der Waals surface area contributed by atoms with Crippen molar-refractivity contribution in [1.29, 1.82) is 0 Å². The first-order chi connectivity index (χ1) is 12.1. The van der Waals surface area contributed by atoms with Gasteiger partial charge >= 0.3 is 0 Å². The third-order valence-electron chi connectivity index (χ3n) is 3.90. The van der Waals surface area contributed by atoms with Crippen LogP contribution in [0.3, 0.4) is 0 Å². The van der Waals surface area contributed by atoms with E-state index in [0.717, 1.165) is 6.42 Å². The molecule has 0 radical (unpaired) electrons. The van der Waals surface area contributed by atoms with Gasteiger partial charge in [0.25, 0.3) is 0 Å². The van der Waals surface area contributed by atoms with E-state index in [1.54, 1.807) is 18.5 Å². The second kappa shape index (κ2) is 7.95. The number of ether oxygens (including phenoxy) is 1. The summed E-state index contributed by atoms with van der Waals surface area (Å²) in [6, 6.07) is 1.88.